The quantitative estimate of drug-likeness (QED) is 0.833. The van der Waals surface area contributed by atoms with Gasteiger partial charge in [-0.15, -0.1) is 10.2 Å². The van der Waals surface area contributed by atoms with Crippen LogP contribution in [0.5, 0.6) is 0 Å². The Morgan fingerprint density at radius 3 is 2.56 bits per heavy atom. The molecular weight excluding hydrogens is 358 g/mol. The number of hydrogen-bond donors (Lipinski definition) is 1. The van der Waals surface area contributed by atoms with E-state index in [1.165, 1.54) is 16.9 Å². The third-order valence-corrected chi connectivity index (χ3v) is 7.32. The van der Waals surface area contributed by atoms with Crippen molar-refractivity contribution in [1.82, 2.24) is 10.2 Å². The summed E-state index contributed by atoms with van der Waals surface area (Å²) in [6, 6.07) is 8.13. The summed E-state index contributed by atoms with van der Waals surface area (Å²) >= 11 is 1.27. The molecule has 1 aromatic heterocycles. The number of aromatic nitrogens is 2. The summed E-state index contributed by atoms with van der Waals surface area (Å²) in [6.07, 6.45) is 3.80. The fourth-order valence-corrected chi connectivity index (χ4v) is 5.47. The van der Waals surface area contributed by atoms with Crippen molar-refractivity contribution in [1.29, 1.82) is 0 Å². The molecule has 0 unspecified atom stereocenters. The Hall–Kier alpha value is -1.80. The molecule has 2 aromatic rings. The fraction of sp³-hybridized carbons (Fsp3) is 0.471. The number of carbonyl (C=O) groups is 1. The standard InChI is InChI=1S/C17H21N3O3S2/c1-12-6-8-13(9-7-12)10-16-19-20-17(24-16)18-15(21)11-25(22,23)14-4-2-3-5-14/h6-9,14H,2-5,10-11H2,1H3,(H,18,20,21). The molecule has 1 aliphatic rings. The topological polar surface area (TPSA) is 89.0 Å². The van der Waals surface area contributed by atoms with Gasteiger partial charge in [0.1, 0.15) is 10.8 Å². The Morgan fingerprint density at radius 2 is 1.88 bits per heavy atom. The van der Waals surface area contributed by atoms with Crippen LogP contribution in [0.3, 0.4) is 0 Å². The Labute approximate surface area is 151 Å². The van der Waals surface area contributed by atoms with E-state index < -0.39 is 21.5 Å². The zero-order valence-electron chi connectivity index (χ0n) is 14.1. The van der Waals surface area contributed by atoms with Crippen LogP contribution in [-0.4, -0.2) is 35.5 Å². The van der Waals surface area contributed by atoms with E-state index in [-0.39, 0.29) is 5.25 Å². The van der Waals surface area contributed by atoms with Crippen LogP contribution in [-0.2, 0) is 21.1 Å². The molecule has 6 nitrogen and oxygen atoms in total. The minimum atomic E-state index is -3.38. The van der Waals surface area contributed by atoms with E-state index in [9.17, 15) is 13.2 Å². The fourth-order valence-electron chi connectivity index (χ4n) is 2.96. The number of nitrogens with one attached hydrogen (secondary N) is 1. The molecule has 0 aliphatic heterocycles. The van der Waals surface area contributed by atoms with E-state index in [0.29, 0.717) is 24.4 Å². The van der Waals surface area contributed by atoms with E-state index in [0.717, 1.165) is 23.4 Å². The Bertz CT molecular complexity index is 838. The van der Waals surface area contributed by atoms with Crippen LogP contribution >= 0.6 is 11.3 Å². The highest BCUT2D eigenvalue weighted by Crippen LogP contribution is 2.25. The largest absolute Gasteiger partial charge is 0.300 e. The number of nitrogens with zero attached hydrogens (tertiary/aromatic N) is 2. The van der Waals surface area contributed by atoms with Gasteiger partial charge in [0.25, 0.3) is 0 Å². The second-order valence-corrected chi connectivity index (χ2v) is 9.77. The first kappa shape index (κ1) is 18.0. The van der Waals surface area contributed by atoms with Crippen LogP contribution in [0.4, 0.5) is 5.13 Å². The van der Waals surface area contributed by atoms with Crippen molar-refractivity contribution in [2.75, 3.05) is 11.1 Å². The molecule has 1 saturated carbocycles. The van der Waals surface area contributed by atoms with Crippen molar-refractivity contribution in [3.05, 3.63) is 40.4 Å². The van der Waals surface area contributed by atoms with Gasteiger partial charge in [-0.25, -0.2) is 8.42 Å². The van der Waals surface area contributed by atoms with Gasteiger partial charge in [0, 0.05) is 6.42 Å². The van der Waals surface area contributed by atoms with Gasteiger partial charge in [0.2, 0.25) is 11.0 Å². The van der Waals surface area contributed by atoms with Gasteiger partial charge in [-0.1, -0.05) is 54.0 Å². The van der Waals surface area contributed by atoms with E-state index >= 15 is 0 Å². The lowest BCUT2D eigenvalue weighted by molar-refractivity contribution is -0.113. The SMILES string of the molecule is Cc1ccc(Cc2nnc(NC(=O)CS(=O)(=O)C3CCCC3)s2)cc1. The monoisotopic (exact) mass is 379 g/mol. The average Bonchev–Trinajstić information content (AvgIpc) is 3.21. The number of hydrogen-bond acceptors (Lipinski definition) is 6. The van der Waals surface area contributed by atoms with Gasteiger partial charge in [0.15, 0.2) is 9.84 Å². The van der Waals surface area contributed by atoms with Crippen molar-refractivity contribution in [2.24, 2.45) is 0 Å². The number of rotatable bonds is 6. The number of anilines is 1. The number of aryl methyl sites for hydroxylation is 1. The number of benzene rings is 1. The maximum atomic E-state index is 12.2. The van der Waals surface area contributed by atoms with Crippen molar-refractivity contribution in [3.63, 3.8) is 0 Å². The second-order valence-electron chi connectivity index (χ2n) is 6.43. The molecule has 1 amide bonds. The Balaban J connectivity index is 1.57. The minimum absolute atomic E-state index is 0.341. The smallest absolute Gasteiger partial charge is 0.241 e. The first-order valence-electron chi connectivity index (χ1n) is 8.32. The summed E-state index contributed by atoms with van der Waals surface area (Å²) in [6.45, 7) is 2.03. The molecule has 1 fully saturated rings. The van der Waals surface area contributed by atoms with E-state index in [4.69, 9.17) is 0 Å². The number of sulfone groups is 1. The highest BCUT2D eigenvalue weighted by Gasteiger charge is 2.30. The molecule has 0 spiro atoms. The van der Waals surface area contributed by atoms with Crippen LogP contribution in [0.2, 0.25) is 0 Å². The van der Waals surface area contributed by atoms with Crippen molar-refractivity contribution in [3.8, 4) is 0 Å². The third-order valence-electron chi connectivity index (χ3n) is 4.33. The lowest BCUT2D eigenvalue weighted by Gasteiger charge is -2.09. The molecule has 1 aliphatic carbocycles. The molecule has 25 heavy (non-hydrogen) atoms. The van der Waals surface area contributed by atoms with Crippen LogP contribution in [0.25, 0.3) is 0 Å². The number of carbonyl (C=O) groups excluding carboxylic acids is 1. The van der Waals surface area contributed by atoms with Crippen molar-refractivity contribution < 1.29 is 13.2 Å². The molecule has 1 N–H and O–H groups in total. The number of amides is 1. The molecule has 0 radical (unpaired) electrons. The maximum absolute atomic E-state index is 12.2. The minimum Gasteiger partial charge on any atom is -0.300 e. The molecule has 1 aromatic carbocycles. The first-order chi connectivity index (χ1) is 11.9. The van der Waals surface area contributed by atoms with Gasteiger partial charge in [0.05, 0.1) is 5.25 Å². The Morgan fingerprint density at radius 1 is 1.20 bits per heavy atom. The maximum Gasteiger partial charge on any atom is 0.241 e. The molecule has 0 saturated heterocycles. The molecule has 134 valence electrons. The van der Waals surface area contributed by atoms with E-state index in [2.05, 4.69) is 15.5 Å². The summed E-state index contributed by atoms with van der Waals surface area (Å²) in [5.41, 5.74) is 2.31. The summed E-state index contributed by atoms with van der Waals surface area (Å²) < 4.78 is 24.4. The zero-order valence-corrected chi connectivity index (χ0v) is 15.7. The normalized spacial score (nSPS) is 15.4. The first-order valence-corrected chi connectivity index (χ1v) is 10.8. The van der Waals surface area contributed by atoms with Crippen molar-refractivity contribution in [2.45, 2.75) is 44.3 Å². The summed E-state index contributed by atoms with van der Waals surface area (Å²) in [5.74, 6) is -1.02. The van der Waals surface area contributed by atoms with Gasteiger partial charge >= 0.3 is 0 Å². The summed E-state index contributed by atoms with van der Waals surface area (Å²) in [7, 11) is -3.38. The Kier molecular flexibility index (Phi) is 5.48. The third kappa shape index (κ3) is 4.85. The van der Waals surface area contributed by atoms with E-state index in [1.807, 2.05) is 31.2 Å². The average molecular weight is 380 g/mol. The van der Waals surface area contributed by atoms with E-state index in [1.54, 1.807) is 0 Å². The van der Waals surface area contributed by atoms with Gasteiger partial charge in [-0.05, 0) is 25.3 Å². The molecule has 3 rings (SSSR count). The van der Waals surface area contributed by atoms with Crippen LogP contribution in [0.15, 0.2) is 24.3 Å². The zero-order chi connectivity index (χ0) is 17.9. The second kappa shape index (κ2) is 7.61. The van der Waals surface area contributed by atoms with Gasteiger partial charge in [-0.2, -0.15) is 0 Å². The summed E-state index contributed by atoms with van der Waals surface area (Å²) in [4.78, 5) is 12.0. The molecule has 0 atom stereocenters. The summed E-state index contributed by atoms with van der Waals surface area (Å²) in [5, 5.41) is 11.3. The molecular formula is C17H21N3O3S2. The highest BCUT2D eigenvalue weighted by molar-refractivity contribution is 7.92. The van der Waals surface area contributed by atoms with Crippen molar-refractivity contribution >= 4 is 32.2 Å². The predicted molar refractivity (Wildman–Crippen MR) is 98.6 cm³/mol. The molecule has 0 bridgehead atoms. The molecule has 1 heterocycles. The van der Waals surface area contributed by atoms with Gasteiger partial charge < -0.3 is 0 Å². The van der Waals surface area contributed by atoms with Crippen LogP contribution < -0.4 is 5.32 Å². The lowest BCUT2D eigenvalue weighted by Crippen LogP contribution is -2.29. The lowest BCUT2D eigenvalue weighted by atomic mass is 10.1. The molecule has 8 heteroatoms. The van der Waals surface area contributed by atoms with Gasteiger partial charge in [-0.3, -0.25) is 10.1 Å². The van der Waals surface area contributed by atoms with Crippen LogP contribution in [0, 0.1) is 6.92 Å². The highest BCUT2D eigenvalue weighted by atomic mass is 32.2. The van der Waals surface area contributed by atoms with Crippen LogP contribution in [0.1, 0.15) is 41.8 Å². The predicted octanol–water partition coefficient (Wildman–Crippen LogP) is 2.73.